The van der Waals surface area contributed by atoms with Crippen molar-refractivity contribution in [2.75, 3.05) is 38.2 Å². The van der Waals surface area contributed by atoms with Gasteiger partial charge >= 0.3 is 6.01 Å². The predicted molar refractivity (Wildman–Crippen MR) is 163 cm³/mol. The molecule has 13 heteroatoms. The minimum absolute atomic E-state index is 0.0431. The molecule has 0 N–H and O–H groups in total. The van der Waals surface area contributed by atoms with E-state index in [1.807, 2.05) is 4.90 Å². The maximum absolute atomic E-state index is 16.5. The van der Waals surface area contributed by atoms with Crippen molar-refractivity contribution in [3.8, 4) is 17.3 Å². The summed E-state index contributed by atoms with van der Waals surface area (Å²) in [6, 6.07) is 7.28. The molecule has 0 radical (unpaired) electrons. The van der Waals surface area contributed by atoms with Gasteiger partial charge in [-0.05, 0) is 37.4 Å². The average Bonchev–Trinajstić information content (AvgIpc) is 3.47. The number of fused-ring (bicyclic) bond motifs is 3. The molecule has 0 bridgehead atoms. The van der Waals surface area contributed by atoms with Crippen molar-refractivity contribution in [2.45, 2.75) is 43.3 Å². The number of benzene rings is 2. The quantitative estimate of drug-likeness (QED) is 0.185. The molecule has 3 fully saturated rings. The van der Waals surface area contributed by atoms with Crippen LogP contribution in [0.3, 0.4) is 0 Å². The SMILES string of the molecule is C=CC(=O)N1CC[C@@H]2[C@H]1CN2c1nc(OCC[C@@H]2CC(F)(F)CN2C)nc2c(F)c(-c3cccc4ccc(F)c(Cl)c34)ncc12. The number of alkyl halides is 2. The molecule has 4 aromatic rings. The molecule has 2 aromatic carbocycles. The highest BCUT2D eigenvalue weighted by Crippen LogP contribution is 2.42. The van der Waals surface area contributed by atoms with E-state index in [4.69, 9.17) is 16.3 Å². The Balaban J connectivity index is 1.28. The Labute approximate surface area is 261 Å². The number of carbonyl (C=O) groups is 1. The first-order valence-corrected chi connectivity index (χ1v) is 15.1. The molecular weight excluding hydrogens is 612 g/mol. The van der Waals surface area contributed by atoms with E-state index < -0.39 is 17.6 Å². The van der Waals surface area contributed by atoms with Gasteiger partial charge < -0.3 is 14.5 Å². The standard InChI is InChI=1S/C32H29ClF4N6O2/c1-3-24(44)42-11-9-22-23(42)15-43(22)30-20-14-38-28(19-6-4-5-17-7-8-21(34)26(33)25(17)19)27(35)29(20)39-31(40-30)45-12-10-18-13-32(36,37)16-41(18)2/h3-8,14,18,22-23H,1,9-13,15-16H2,2H3/t18-,22-,23-/m1/s1. The van der Waals surface area contributed by atoms with Gasteiger partial charge in [0, 0.05) is 42.7 Å². The lowest BCUT2D eigenvalue weighted by Crippen LogP contribution is -2.63. The fraction of sp³-hybridized carbons (Fsp3) is 0.375. The van der Waals surface area contributed by atoms with Crippen molar-refractivity contribution >= 4 is 45.0 Å². The van der Waals surface area contributed by atoms with Gasteiger partial charge in [0.1, 0.15) is 22.8 Å². The second-order valence-electron chi connectivity index (χ2n) is 11.9. The third-order valence-electron chi connectivity index (χ3n) is 9.18. The number of anilines is 1. The zero-order valence-corrected chi connectivity index (χ0v) is 25.1. The lowest BCUT2D eigenvalue weighted by Gasteiger charge is -2.47. The molecule has 8 nitrogen and oxygen atoms in total. The normalized spacial score (nSPS) is 22.6. The number of likely N-dealkylation sites (tertiary alicyclic amines) is 2. The van der Waals surface area contributed by atoms with E-state index >= 15 is 4.39 Å². The zero-order chi connectivity index (χ0) is 31.6. The van der Waals surface area contributed by atoms with E-state index in [9.17, 15) is 18.0 Å². The topological polar surface area (TPSA) is 74.7 Å². The number of halogens is 5. The van der Waals surface area contributed by atoms with Crippen LogP contribution in [0.15, 0.2) is 49.2 Å². The second kappa shape index (κ2) is 11.1. The van der Waals surface area contributed by atoms with Crippen LogP contribution in [0.5, 0.6) is 6.01 Å². The van der Waals surface area contributed by atoms with Crippen molar-refractivity contribution in [3.05, 3.63) is 65.8 Å². The lowest BCUT2D eigenvalue weighted by molar-refractivity contribution is -0.127. The van der Waals surface area contributed by atoms with Gasteiger partial charge in [0.2, 0.25) is 5.91 Å². The van der Waals surface area contributed by atoms with E-state index in [0.717, 1.165) is 0 Å². The summed E-state index contributed by atoms with van der Waals surface area (Å²) in [4.78, 5) is 31.2. The summed E-state index contributed by atoms with van der Waals surface area (Å²) in [6.45, 7) is 4.33. The number of pyridine rings is 1. The third kappa shape index (κ3) is 5.04. The molecule has 7 rings (SSSR count). The maximum atomic E-state index is 16.5. The van der Waals surface area contributed by atoms with Gasteiger partial charge in [-0.2, -0.15) is 9.97 Å². The van der Waals surface area contributed by atoms with Crippen molar-refractivity contribution in [1.29, 1.82) is 0 Å². The van der Waals surface area contributed by atoms with Crippen molar-refractivity contribution < 1.29 is 27.1 Å². The first-order chi connectivity index (χ1) is 21.6. The number of carbonyl (C=O) groups excluding carboxylic acids is 1. The Bertz CT molecular complexity index is 1860. The second-order valence-corrected chi connectivity index (χ2v) is 12.2. The number of hydrogen-bond acceptors (Lipinski definition) is 7. The van der Waals surface area contributed by atoms with Gasteiger partial charge in [-0.15, -0.1) is 0 Å². The number of aromatic nitrogens is 3. The van der Waals surface area contributed by atoms with Crippen LogP contribution >= 0.6 is 11.6 Å². The summed E-state index contributed by atoms with van der Waals surface area (Å²) in [5.41, 5.74) is 0.160. The van der Waals surface area contributed by atoms with Crippen molar-refractivity contribution in [1.82, 2.24) is 24.8 Å². The van der Waals surface area contributed by atoms with Crippen molar-refractivity contribution in [2.24, 2.45) is 0 Å². The smallest absolute Gasteiger partial charge is 0.319 e. The van der Waals surface area contributed by atoms with Crippen LogP contribution in [-0.2, 0) is 4.79 Å². The summed E-state index contributed by atoms with van der Waals surface area (Å²) < 4.78 is 64.7. The van der Waals surface area contributed by atoms with Gasteiger partial charge in [-0.1, -0.05) is 42.4 Å². The number of ether oxygens (including phenoxy) is 1. The number of amides is 1. The highest BCUT2D eigenvalue weighted by atomic mass is 35.5. The molecule has 0 unspecified atom stereocenters. The first-order valence-electron chi connectivity index (χ1n) is 14.7. The number of rotatable bonds is 7. The largest absolute Gasteiger partial charge is 0.463 e. The van der Waals surface area contributed by atoms with Gasteiger partial charge in [0.05, 0.1) is 35.6 Å². The Morgan fingerprint density at radius 3 is 2.78 bits per heavy atom. The average molecular weight is 641 g/mol. The van der Waals surface area contributed by atoms with Crippen LogP contribution in [0.4, 0.5) is 23.4 Å². The summed E-state index contributed by atoms with van der Waals surface area (Å²) in [7, 11) is 1.65. The maximum Gasteiger partial charge on any atom is 0.319 e. The van der Waals surface area contributed by atoms with E-state index in [0.29, 0.717) is 53.5 Å². The molecule has 1 amide bonds. The summed E-state index contributed by atoms with van der Waals surface area (Å²) >= 11 is 6.34. The minimum Gasteiger partial charge on any atom is -0.463 e. The molecule has 45 heavy (non-hydrogen) atoms. The fourth-order valence-corrected chi connectivity index (χ4v) is 7.20. The lowest BCUT2D eigenvalue weighted by atomic mass is 9.96. The molecule has 3 saturated heterocycles. The minimum atomic E-state index is -2.76. The number of hydrogen-bond donors (Lipinski definition) is 0. The Morgan fingerprint density at radius 2 is 2.02 bits per heavy atom. The molecule has 5 heterocycles. The van der Waals surface area contributed by atoms with Crippen molar-refractivity contribution in [3.63, 3.8) is 0 Å². The van der Waals surface area contributed by atoms with E-state index in [-0.39, 0.29) is 65.8 Å². The molecular formula is C32H29ClF4N6O2. The highest BCUT2D eigenvalue weighted by Gasteiger charge is 2.49. The van der Waals surface area contributed by atoms with Crippen LogP contribution in [-0.4, -0.2) is 88.0 Å². The zero-order valence-electron chi connectivity index (χ0n) is 24.3. The molecule has 2 aromatic heterocycles. The first kappa shape index (κ1) is 29.7. The van der Waals surface area contributed by atoms with Crippen LogP contribution in [0.25, 0.3) is 32.9 Å². The van der Waals surface area contributed by atoms with E-state index in [1.54, 1.807) is 41.1 Å². The van der Waals surface area contributed by atoms with Crippen LogP contribution < -0.4 is 9.64 Å². The van der Waals surface area contributed by atoms with Gasteiger partial charge in [0.25, 0.3) is 5.92 Å². The molecule has 3 atom stereocenters. The Kier molecular flexibility index (Phi) is 7.31. The summed E-state index contributed by atoms with van der Waals surface area (Å²) in [5.74, 6) is -3.92. The van der Waals surface area contributed by atoms with Crippen LogP contribution in [0, 0.1) is 11.6 Å². The fourth-order valence-electron chi connectivity index (χ4n) is 6.92. The van der Waals surface area contributed by atoms with E-state index in [1.165, 1.54) is 18.3 Å². The molecule has 0 spiro atoms. The van der Waals surface area contributed by atoms with Gasteiger partial charge in [-0.25, -0.2) is 17.6 Å². The highest BCUT2D eigenvalue weighted by molar-refractivity contribution is 6.36. The monoisotopic (exact) mass is 640 g/mol. The predicted octanol–water partition coefficient (Wildman–Crippen LogP) is 5.86. The van der Waals surface area contributed by atoms with Gasteiger partial charge in [0.15, 0.2) is 5.82 Å². The van der Waals surface area contributed by atoms with Crippen LogP contribution in [0.1, 0.15) is 19.3 Å². The number of nitrogens with zero attached hydrogens (tertiary/aromatic N) is 6. The summed E-state index contributed by atoms with van der Waals surface area (Å²) in [5, 5.41) is 1.12. The molecule has 234 valence electrons. The van der Waals surface area contributed by atoms with Gasteiger partial charge in [-0.3, -0.25) is 14.7 Å². The van der Waals surface area contributed by atoms with Crippen LogP contribution in [0.2, 0.25) is 5.02 Å². The Hall–Kier alpha value is -4.03. The Morgan fingerprint density at radius 1 is 1.20 bits per heavy atom. The molecule has 0 aliphatic carbocycles. The third-order valence-corrected chi connectivity index (χ3v) is 9.55. The van der Waals surface area contributed by atoms with E-state index in [2.05, 4.69) is 21.5 Å². The molecule has 0 saturated carbocycles. The summed E-state index contributed by atoms with van der Waals surface area (Å²) in [6.07, 6.45) is 3.48. The molecule has 3 aliphatic rings. The molecule has 3 aliphatic heterocycles.